The first-order valence-electron chi connectivity index (χ1n) is 10.7. The summed E-state index contributed by atoms with van der Waals surface area (Å²) >= 11 is 0. The number of amides is 2. The number of nitriles is 1. The summed E-state index contributed by atoms with van der Waals surface area (Å²) in [5.41, 5.74) is 2.03. The highest BCUT2D eigenvalue weighted by Crippen LogP contribution is 2.30. The summed E-state index contributed by atoms with van der Waals surface area (Å²) < 4.78 is 14.9. The number of aromatic nitrogens is 1. The Kier molecular flexibility index (Phi) is 6.49. The van der Waals surface area contributed by atoms with E-state index in [0.29, 0.717) is 25.5 Å². The Morgan fingerprint density at radius 1 is 1.21 bits per heavy atom. The van der Waals surface area contributed by atoms with Crippen LogP contribution in [0.4, 0.5) is 21.1 Å². The largest absolute Gasteiger partial charge is 0.513 e. The van der Waals surface area contributed by atoms with Crippen LogP contribution < -0.4 is 19.7 Å². The van der Waals surface area contributed by atoms with Crippen molar-refractivity contribution in [3.05, 3.63) is 41.6 Å². The average Bonchev–Trinajstić information content (AvgIpc) is 3.01. The Labute approximate surface area is 191 Å². The molecule has 0 aliphatic carbocycles. The highest BCUT2D eigenvalue weighted by atomic mass is 16.7. The lowest BCUT2D eigenvalue weighted by molar-refractivity contribution is 0.121. The van der Waals surface area contributed by atoms with E-state index in [-0.39, 0.29) is 23.4 Å². The minimum Gasteiger partial charge on any atom is -0.497 e. The van der Waals surface area contributed by atoms with Gasteiger partial charge in [-0.1, -0.05) is 0 Å². The second-order valence-corrected chi connectivity index (χ2v) is 7.82. The molecule has 2 aromatic rings. The molecule has 10 heteroatoms. The maximum absolute atomic E-state index is 12.9. The fourth-order valence-corrected chi connectivity index (χ4v) is 4.21. The van der Waals surface area contributed by atoms with Crippen LogP contribution in [0.1, 0.15) is 24.0 Å². The fourth-order valence-electron chi connectivity index (χ4n) is 4.21. The number of hydrogen-bond acceptors (Lipinski definition) is 8. The Bertz CT molecular complexity index is 1090. The smallest absolute Gasteiger partial charge is 0.497 e. The van der Waals surface area contributed by atoms with Crippen LogP contribution in [0.25, 0.3) is 0 Å². The number of pyridine rings is 1. The topological polar surface area (TPSA) is 117 Å². The predicted molar refractivity (Wildman–Crippen MR) is 120 cm³/mol. The number of methoxy groups -OCH3 is 2. The summed E-state index contributed by atoms with van der Waals surface area (Å²) in [6.45, 7) is 1.97. The molecule has 4 rings (SSSR count). The van der Waals surface area contributed by atoms with Gasteiger partial charge < -0.3 is 29.3 Å². The van der Waals surface area contributed by atoms with Crippen molar-refractivity contribution in [2.45, 2.75) is 25.3 Å². The van der Waals surface area contributed by atoms with E-state index in [4.69, 9.17) is 9.47 Å². The van der Waals surface area contributed by atoms with E-state index in [1.54, 1.807) is 13.2 Å². The standard InChI is InChI=1S/C23H25N5O5/c1-31-18-3-4-19-15(11-18)5-10-28(22(29)26-19)17-6-8-27(9-7-17)21-12-20(33-23(30)32-2)16(13-24)14-25-21/h3-4,11-12,14,17H,5-10H2,1-2H3,(H,26,29). The maximum atomic E-state index is 12.9. The van der Waals surface area contributed by atoms with Crippen molar-refractivity contribution >= 4 is 23.7 Å². The number of hydrogen-bond donors (Lipinski definition) is 1. The molecule has 0 atom stereocenters. The molecule has 172 valence electrons. The number of carbonyl (C=O) groups is 2. The molecule has 3 heterocycles. The van der Waals surface area contributed by atoms with Crippen LogP contribution in [0.15, 0.2) is 30.5 Å². The van der Waals surface area contributed by atoms with Crippen molar-refractivity contribution in [2.75, 3.05) is 44.1 Å². The van der Waals surface area contributed by atoms with Crippen molar-refractivity contribution in [3.63, 3.8) is 0 Å². The summed E-state index contributed by atoms with van der Waals surface area (Å²) in [6, 6.07) is 9.22. The Hall–Kier alpha value is -4.00. The maximum Gasteiger partial charge on any atom is 0.513 e. The minimum absolute atomic E-state index is 0.0948. The van der Waals surface area contributed by atoms with E-state index in [1.165, 1.54) is 13.3 Å². The number of anilines is 2. The van der Waals surface area contributed by atoms with Crippen LogP contribution in [0.3, 0.4) is 0 Å². The van der Waals surface area contributed by atoms with Crippen LogP contribution in [0.2, 0.25) is 0 Å². The number of rotatable bonds is 4. The summed E-state index contributed by atoms with van der Waals surface area (Å²) in [5, 5.41) is 12.3. The zero-order valence-electron chi connectivity index (χ0n) is 18.5. The number of piperidine rings is 1. The molecule has 1 aromatic heterocycles. The third-order valence-corrected chi connectivity index (χ3v) is 6.00. The molecule has 0 bridgehead atoms. The zero-order chi connectivity index (χ0) is 23.4. The highest BCUT2D eigenvalue weighted by molar-refractivity contribution is 5.91. The number of nitrogens with one attached hydrogen (secondary N) is 1. The van der Waals surface area contributed by atoms with Gasteiger partial charge >= 0.3 is 12.2 Å². The van der Waals surface area contributed by atoms with E-state index < -0.39 is 6.16 Å². The number of nitrogens with zero attached hydrogens (tertiary/aromatic N) is 4. The molecule has 0 spiro atoms. The quantitative estimate of drug-likeness (QED) is 0.705. The lowest BCUT2D eigenvalue weighted by atomic mass is 10.0. The monoisotopic (exact) mass is 451 g/mol. The third kappa shape index (κ3) is 4.77. The van der Waals surface area contributed by atoms with Gasteiger partial charge in [-0.25, -0.2) is 14.6 Å². The van der Waals surface area contributed by atoms with Gasteiger partial charge in [0.15, 0.2) is 5.75 Å². The van der Waals surface area contributed by atoms with E-state index in [9.17, 15) is 14.9 Å². The Balaban J connectivity index is 1.42. The lowest BCUT2D eigenvalue weighted by Crippen LogP contribution is -2.49. The number of urea groups is 1. The second-order valence-electron chi connectivity index (χ2n) is 7.82. The van der Waals surface area contributed by atoms with Crippen LogP contribution in [0.5, 0.6) is 11.5 Å². The molecule has 1 saturated heterocycles. The molecular formula is C23H25N5O5. The average molecular weight is 451 g/mol. The van der Waals surface area contributed by atoms with Gasteiger partial charge in [-0.2, -0.15) is 5.26 Å². The molecule has 1 N–H and O–H groups in total. The molecule has 0 saturated carbocycles. The fraction of sp³-hybridized carbons (Fsp3) is 0.391. The molecule has 1 fully saturated rings. The van der Waals surface area contributed by atoms with Gasteiger partial charge in [-0.15, -0.1) is 0 Å². The summed E-state index contributed by atoms with van der Waals surface area (Å²) in [5.74, 6) is 1.48. The lowest BCUT2D eigenvalue weighted by Gasteiger charge is -2.38. The zero-order valence-corrected chi connectivity index (χ0v) is 18.5. The van der Waals surface area contributed by atoms with E-state index in [2.05, 4.69) is 19.9 Å². The number of carbonyl (C=O) groups excluding carboxylic acids is 2. The first-order valence-corrected chi connectivity index (χ1v) is 10.7. The van der Waals surface area contributed by atoms with Gasteiger partial charge in [0.25, 0.3) is 0 Å². The van der Waals surface area contributed by atoms with Gasteiger partial charge in [0.1, 0.15) is 23.2 Å². The van der Waals surface area contributed by atoms with Crippen molar-refractivity contribution in [1.82, 2.24) is 9.88 Å². The Morgan fingerprint density at radius 2 is 2.00 bits per heavy atom. The molecular weight excluding hydrogens is 426 g/mol. The highest BCUT2D eigenvalue weighted by Gasteiger charge is 2.30. The third-order valence-electron chi connectivity index (χ3n) is 6.00. The number of fused-ring (bicyclic) bond motifs is 1. The minimum atomic E-state index is -0.895. The molecule has 0 radical (unpaired) electrons. The molecule has 2 amide bonds. The van der Waals surface area contributed by atoms with Gasteiger partial charge in [-0.05, 0) is 43.0 Å². The van der Waals surface area contributed by atoms with Crippen LogP contribution in [-0.2, 0) is 11.2 Å². The normalized spacial score (nSPS) is 16.2. The van der Waals surface area contributed by atoms with E-state index >= 15 is 0 Å². The summed E-state index contributed by atoms with van der Waals surface area (Å²) in [4.78, 5) is 32.7. The van der Waals surface area contributed by atoms with Crippen molar-refractivity contribution in [2.24, 2.45) is 0 Å². The van der Waals surface area contributed by atoms with Crippen molar-refractivity contribution in [1.29, 1.82) is 5.26 Å². The SMILES string of the molecule is COC(=O)Oc1cc(N2CCC(N3CCc4cc(OC)ccc4NC3=O)CC2)ncc1C#N. The molecule has 0 unspecified atom stereocenters. The Morgan fingerprint density at radius 3 is 2.70 bits per heavy atom. The molecule has 10 nitrogen and oxygen atoms in total. The van der Waals surface area contributed by atoms with Crippen molar-refractivity contribution in [3.8, 4) is 17.6 Å². The van der Waals surface area contributed by atoms with Crippen LogP contribution >= 0.6 is 0 Å². The summed E-state index contributed by atoms with van der Waals surface area (Å²) in [7, 11) is 2.83. The molecule has 33 heavy (non-hydrogen) atoms. The molecule has 2 aliphatic rings. The van der Waals surface area contributed by atoms with Crippen LogP contribution in [-0.4, -0.2) is 62.0 Å². The summed E-state index contributed by atoms with van der Waals surface area (Å²) in [6.07, 6.45) is 2.77. The molecule has 1 aromatic carbocycles. The predicted octanol–water partition coefficient (Wildman–Crippen LogP) is 3.17. The number of ether oxygens (including phenoxy) is 3. The van der Waals surface area contributed by atoms with E-state index in [0.717, 1.165) is 36.3 Å². The first kappa shape index (κ1) is 22.2. The molecule has 2 aliphatic heterocycles. The van der Waals surface area contributed by atoms with Gasteiger partial charge in [0.05, 0.1) is 20.4 Å². The number of benzene rings is 1. The van der Waals surface area contributed by atoms with Gasteiger partial charge in [0.2, 0.25) is 0 Å². The van der Waals surface area contributed by atoms with Crippen LogP contribution in [0, 0.1) is 11.3 Å². The second kappa shape index (κ2) is 9.65. The van der Waals surface area contributed by atoms with Gasteiger partial charge in [0, 0.05) is 37.4 Å². The van der Waals surface area contributed by atoms with Gasteiger partial charge in [-0.3, -0.25) is 0 Å². The first-order chi connectivity index (χ1) is 16.0. The van der Waals surface area contributed by atoms with Crippen molar-refractivity contribution < 1.29 is 23.8 Å². The van der Waals surface area contributed by atoms with E-state index in [1.807, 2.05) is 29.2 Å².